The summed E-state index contributed by atoms with van der Waals surface area (Å²) < 4.78 is 6.63. The predicted molar refractivity (Wildman–Crippen MR) is 76.7 cm³/mol. The topological polar surface area (TPSA) is 41.8 Å². The van der Waals surface area contributed by atoms with Crippen molar-refractivity contribution in [1.82, 2.24) is 0 Å². The molecule has 0 radical (unpaired) electrons. The molecule has 1 aromatic heterocycles. The Balaban J connectivity index is 1.81. The van der Waals surface area contributed by atoms with E-state index in [0.717, 1.165) is 44.6 Å². The van der Waals surface area contributed by atoms with Gasteiger partial charge in [-0.05, 0) is 31.0 Å². The van der Waals surface area contributed by atoms with Gasteiger partial charge < -0.3 is 9.94 Å². The van der Waals surface area contributed by atoms with Crippen molar-refractivity contribution in [2.75, 3.05) is 0 Å². The predicted octanol–water partition coefficient (Wildman–Crippen LogP) is 4.11. The van der Waals surface area contributed by atoms with Crippen molar-refractivity contribution in [2.24, 2.45) is 5.16 Å². The van der Waals surface area contributed by atoms with Crippen molar-refractivity contribution >= 4 is 28.6 Å². The highest BCUT2D eigenvalue weighted by Gasteiger charge is 2.21. The summed E-state index contributed by atoms with van der Waals surface area (Å²) in [7, 11) is 0. The van der Waals surface area contributed by atoms with Gasteiger partial charge in [0.05, 0.1) is 10.0 Å². The van der Waals surface area contributed by atoms with E-state index in [1.54, 1.807) is 0 Å². The number of thiophene rings is 1. The zero-order valence-corrected chi connectivity index (χ0v) is 11.7. The van der Waals surface area contributed by atoms with Gasteiger partial charge in [-0.3, -0.25) is 0 Å². The molecule has 2 aromatic rings. The lowest BCUT2D eigenvalue weighted by Crippen LogP contribution is -1.98. The molecule has 0 saturated heterocycles. The fourth-order valence-corrected chi connectivity index (χ4v) is 3.29. The van der Waals surface area contributed by atoms with Crippen molar-refractivity contribution in [3.63, 3.8) is 0 Å². The number of ether oxygens (including phenoxy) is 1. The smallest absolute Gasteiger partial charge is 0.123 e. The summed E-state index contributed by atoms with van der Waals surface area (Å²) in [5.41, 5.74) is 2.85. The summed E-state index contributed by atoms with van der Waals surface area (Å²) in [5.74, 6) is 0.862. The SMILES string of the molecule is ON=C1CCc2c(OCc3ccc(Cl)s3)cccc21. The second-order valence-corrected chi connectivity index (χ2v) is 6.12. The first kappa shape index (κ1) is 12.5. The lowest BCUT2D eigenvalue weighted by molar-refractivity contribution is 0.307. The standard InChI is InChI=1S/C14H12ClNO2S/c15-14-7-4-9(19-14)8-18-13-3-1-2-10-11(13)5-6-12(10)16-17/h1-4,7,17H,5-6,8H2. The first-order valence-corrected chi connectivity index (χ1v) is 7.17. The Bertz CT molecular complexity index is 636. The number of fused-ring (bicyclic) bond motifs is 1. The fourth-order valence-electron chi connectivity index (χ4n) is 2.29. The first-order valence-electron chi connectivity index (χ1n) is 5.98. The molecule has 1 heterocycles. The van der Waals surface area contributed by atoms with Crippen LogP contribution < -0.4 is 4.74 Å². The number of hydrogen-bond acceptors (Lipinski definition) is 4. The van der Waals surface area contributed by atoms with Crippen LogP contribution in [0, 0.1) is 0 Å². The molecule has 0 aliphatic heterocycles. The summed E-state index contributed by atoms with van der Waals surface area (Å²) in [6.45, 7) is 0.513. The zero-order chi connectivity index (χ0) is 13.2. The third kappa shape index (κ3) is 2.46. The molecule has 98 valence electrons. The molecule has 5 heteroatoms. The molecule has 0 atom stereocenters. The van der Waals surface area contributed by atoms with Crippen molar-refractivity contribution in [3.8, 4) is 5.75 Å². The third-order valence-electron chi connectivity index (χ3n) is 3.18. The summed E-state index contributed by atoms with van der Waals surface area (Å²) in [6.07, 6.45) is 1.62. The minimum Gasteiger partial charge on any atom is -0.488 e. The molecule has 0 bridgehead atoms. The van der Waals surface area contributed by atoms with E-state index in [2.05, 4.69) is 5.16 Å². The van der Waals surface area contributed by atoms with E-state index in [0.29, 0.717) is 6.61 Å². The lowest BCUT2D eigenvalue weighted by atomic mass is 10.1. The molecular weight excluding hydrogens is 282 g/mol. The van der Waals surface area contributed by atoms with Gasteiger partial charge in [-0.15, -0.1) is 11.3 Å². The van der Waals surface area contributed by atoms with Gasteiger partial charge in [0.25, 0.3) is 0 Å². The van der Waals surface area contributed by atoms with E-state index >= 15 is 0 Å². The minimum atomic E-state index is 0.513. The van der Waals surface area contributed by atoms with Crippen LogP contribution in [0.1, 0.15) is 22.4 Å². The van der Waals surface area contributed by atoms with Gasteiger partial charge in [0.2, 0.25) is 0 Å². The summed E-state index contributed by atoms with van der Waals surface area (Å²) in [4.78, 5) is 1.09. The summed E-state index contributed by atoms with van der Waals surface area (Å²) in [6, 6.07) is 9.68. The Morgan fingerprint density at radius 3 is 2.89 bits per heavy atom. The Morgan fingerprint density at radius 1 is 1.26 bits per heavy atom. The zero-order valence-electron chi connectivity index (χ0n) is 10.1. The highest BCUT2D eigenvalue weighted by atomic mass is 35.5. The van der Waals surface area contributed by atoms with Crippen LogP contribution in [0.3, 0.4) is 0 Å². The summed E-state index contributed by atoms with van der Waals surface area (Å²) in [5, 5.41) is 12.3. The van der Waals surface area contributed by atoms with E-state index in [4.69, 9.17) is 21.5 Å². The quantitative estimate of drug-likeness (QED) is 0.683. The number of nitrogens with zero attached hydrogens (tertiary/aromatic N) is 1. The third-order valence-corrected chi connectivity index (χ3v) is 4.38. The largest absolute Gasteiger partial charge is 0.488 e. The minimum absolute atomic E-state index is 0.513. The molecular formula is C14H12ClNO2S. The molecule has 0 spiro atoms. The number of hydrogen-bond donors (Lipinski definition) is 1. The highest BCUT2D eigenvalue weighted by molar-refractivity contribution is 7.16. The molecule has 0 unspecified atom stereocenters. The average molecular weight is 294 g/mol. The van der Waals surface area contributed by atoms with Crippen molar-refractivity contribution < 1.29 is 9.94 Å². The maximum atomic E-state index is 8.95. The second kappa shape index (κ2) is 5.23. The Hall–Kier alpha value is -1.52. The molecule has 0 saturated carbocycles. The first-order chi connectivity index (χ1) is 9.28. The summed E-state index contributed by atoms with van der Waals surface area (Å²) >= 11 is 7.42. The maximum Gasteiger partial charge on any atom is 0.123 e. The van der Waals surface area contributed by atoms with Gasteiger partial charge >= 0.3 is 0 Å². The van der Waals surface area contributed by atoms with E-state index in [1.807, 2.05) is 30.3 Å². The van der Waals surface area contributed by atoms with Crippen LogP contribution in [-0.2, 0) is 13.0 Å². The van der Waals surface area contributed by atoms with Gasteiger partial charge in [0.1, 0.15) is 12.4 Å². The van der Waals surface area contributed by atoms with Gasteiger partial charge in [-0.2, -0.15) is 0 Å². The lowest BCUT2D eigenvalue weighted by Gasteiger charge is -2.09. The molecule has 1 N–H and O–H groups in total. The molecule has 1 aromatic carbocycles. The van der Waals surface area contributed by atoms with E-state index < -0.39 is 0 Å². The van der Waals surface area contributed by atoms with Crippen LogP contribution >= 0.6 is 22.9 Å². The Morgan fingerprint density at radius 2 is 2.16 bits per heavy atom. The van der Waals surface area contributed by atoms with Gasteiger partial charge in [-0.1, -0.05) is 28.9 Å². The molecule has 19 heavy (non-hydrogen) atoms. The van der Waals surface area contributed by atoms with Crippen LogP contribution in [0.5, 0.6) is 5.75 Å². The van der Waals surface area contributed by atoms with E-state index in [1.165, 1.54) is 11.3 Å². The monoisotopic (exact) mass is 293 g/mol. The van der Waals surface area contributed by atoms with Gasteiger partial charge in [-0.25, -0.2) is 0 Å². The van der Waals surface area contributed by atoms with E-state index in [-0.39, 0.29) is 0 Å². The van der Waals surface area contributed by atoms with Crippen LogP contribution in [0.15, 0.2) is 35.5 Å². The second-order valence-electron chi connectivity index (χ2n) is 4.32. The van der Waals surface area contributed by atoms with Gasteiger partial charge in [0.15, 0.2) is 0 Å². The molecule has 3 rings (SSSR count). The molecule has 3 nitrogen and oxygen atoms in total. The van der Waals surface area contributed by atoms with Gasteiger partial charge in [0, 0.05) is 16.0 Å². The molecule has 1 aliphatic rings. The maximum absolute atomic E-state index is 8.95. The number of halogens is 1. The van der Waals surface area contributed by atoms with Crippen LogP contribution in [-0.4, -0.2) is 10.9 Å². The Labute approximate surface area is 120 Å². The van der Waals surface area contributed by atoms with Crippen LogP contribution in [0.25, 0.3) is 0 Å². The molecule has 0 fully saturated rings. The average Bonchev–Trinajstić information content (AvgIpc) is 3.02. The highest BCUT2D eigenvalue weighted by Crippen LogP contribution is 2.32. The van der Waals surface area contributed by atoms with Crippen LogP contribution in [0.4, 0.5) is 0 Å². The number of oxime groups is 1. The van der Waals surface area contributed by atoms with Crippen molar-refractivity contribution in [3.05, 3.63) is 50.7 Å². The van der Waals surface area contributed by atoms with E-state index in [9.17, 15) is 0 Å². The number of benzene rings is 1. The number of rotatable bonds is 3. The Kier molecular flexibility index (Phi) is 3.44. The molecule has 1 aliphatic carbocycles. The van der Waals surface area contributed by atoms with Crippen LogP contribution in [0.2, 0.25) is 4.34 Å². The normalized spacial score (nSPS) is 15.7. The van der Waals surface area contributed by atoms with Crippen molar-refractivity contribution in [1.29, 1.82) is 0 Å². The van der Waals surface area contributed by atoms with Crippen molar-refractivity contribution in [2.45, 2.75) is 19.4 Å². The molecule has 0 amide bonds. The fraction of sp³-hybridized carbons (Fsp3) is 0.214.